The van der Waals surface area contributed by atoms with Crippen molar-refractivity contribution in [2.45, 2.75) is 81.9 Å². The molecule has 0 aromatic carbocycles. The van der Waals surface area contributed by atoms with Gasteiger partial charge in [0.05, 0.1) is 35.5 Å². The van der Waals surface area contributed by atoms with Gasteiger partial charge in [-0.05, 0) is 37.2 Å². The van der Waals surface area contributed by atoms with Crippen LogP contribution in [0.25, 0.3) is 0 Å². The molecule has 0 radical (unpaired) electrons. The first-order valence-electron chi connectivity index (χ1n) is 8.37. The molecular formula is C16H29NO3SSi. The first-order chi connectivity index (χ1) is 10.1. The summed E-state index contributed by atoms with van der Waals surface area (Å²) < 4.78 is 12.2. The summed E-state index contributed by atoms with van der Waals surface area (Å²) in [5.41, 5.74) is 0. The van der Waals surface area contributed by atoms with Gasteiger partial charge in [-0.25, -0.2) is 0 Å². The average molecular weight is 344 g/mol. The van der Waals surface area contributed by atoms with Gasteiger partial charge < -0.3 is 14.5 Å². The van der Waals surface area contributed by atoms with Crippen LogP contribution in [0.3, 0.4) is 0 Å². The molecule has 0 spiro atoms. The molecule has 3 heterocycles. The second kappa shape index (κ2) is 5.50. The Bertz CT molecular complexity index is 465. The van der Waals surface area contributed by atoms with Crippen LogP contribution in [-0.2, 0) is 14.0 Å². The fourth-order valence-electron chi connectivity index (χ4n) is 3.32. The lowest BCUT2D eigenvalue weighted by Gasteiger charge is -2.47. The zero-order valence-corrected chi connectivity index (χ0v) is 16.3. The maximum atomic E-state index is 12.2. The third-order valence-corrected chi connectivity index (χ3v) is 11.8. The number of epoxide rings is 1. The molecular weight excluding hydrogens is 314 g/mol. The van der Waals surface area contributed by atoms with E-state index >= 15 is 0 Å². The molecule has 0 bridgehead atoms. The molecule has 0 aliphatic carbocycles. The predicted molar refractivity (Wildman–Crippen MR) is 92.7 cm³/mol. The van der Waals surface area contributed by atoms with Crippen molar-refractivity contribution in [3.63, 3.8) is 0 Å². The molecule has 4 nitrogen and oxygen atoms in total. The van der Waals surface area contributed by atoms with Gasteiger partial charge in [0.1, 0.15) is 0 Å². The number of fused-ring (bicyclic) bond motifs is 1. The van der Waals surface area contributed by atoms with E-state index in [0.717, 1.165) is 12.2 Å². The number of amides is 1. The fraction of sp³-hybridized carbons (Fsp3) is 0.938. The summed E-state index contributed by atoms with van der Waals surface area (Å²) in [4.78, 5) is 12.2. The van der Waals surface area contributed by atoms with Crippen molar-refractivity contribution in [3.8, 4) is 0 Å². The second-order valence-electron chi connectivity index (χ2n) is 8.41. The van der Waals surface area contributed by atoms with Gasteiger partial charge in [0.25, 0.3) is 0 Å². The normalized spacial score (nSPS) is 39.5. The Morgan fingerprint density at radius 1 is 1.41 bits per heavy atom. The smallest absolute Gasteiger partial charge is 0.228 e. The predicted octanol–water partition coefficient (Wildman–Crippen LogP) is 2.78. The number of rotatable bonds is 4. The van der Waals surface area contributed by atoms with Crippen LogP contribution in [0, 0.1) is 5.92 Å². The number of nitrogens with one attached hydrogen (secondary N) is 1. The molecule has 0 saturated carbocycles. The Morgan fingerprint density at radius 2 is 2.09 bits per heavy atom. The van der Waals surface area contributed by atoms with Gasteiger partial charge in [0.2, 0.25) is 5.91 Å². The Labute approximate surface area is 139 Å². The van der Waals surface area contributed by atoms with Gasteiger partial charge in [-0.15, -0.1) is 0 Å². The van der Waals surface area contributed by atoms with Crippen LogP contribution in [0.15, 0.2) is 0 Å². The van der Waals surface area contributed by atoms with Crippen LogP contribution in [0.1, 0.15) is 34.1 Å². The van der Waals surface area contributed by atoms with Crippen molar-refractivity contribution in [2.24, 2.45) is 5.92 Å². The van der Waals surface area contributed by atoms with Crippen LogP contribution in [0.5, 0.6) is 0 Å². The second-order valence-corrected chi connectivity index (χ2v) is 14.4. The van der Waals surface area contributed by atoms with Gasteiger partial charge >= 0.3 is 0 Å². The lowest BCUT2D eigenvalue weighted by molar-refractivity contribution is -0.140. The van der Waals surface area contributed by atoms with Crippen molar-refractivity contribution >= 4 is 26.0 Å². The largest absolute Gasteiger partial charge is 0.413 e. The topological polar surface area (TPSA) is 50.9 Å². The van der Waals surface area contributed by atoms with Crippen LogP contribution >= 0.6 is 11.8 Å². The molecule has 22 heavy (non-hydrogen) atoms. The molecule has 126 valence electrons. The molecule has 3 aliphatic heterocycles. The van der Waals surface area contributed by atoms with E-state index in [1.165, 1.54) is 0 Å². The Balaban J connectivity index is 1.66. The van der Waals surface area contributed by atoms with Crippen LogP contribution in [0.2, 0.25) is 18.1 Å². The summed E-state index contributed by atoms with van der Waals surface area (Å²) in [5.74, 6) is 1.27. The molecule has 1 N–H and O–H groups in total. The molecule has 0 aromatic heterocycles. The number of hydrogen-bond donors (Lipinski definition) is 1. The lowest BCUT2D eigenvalue weighted by atomic mass is 9.82. The summed E-state index contributed by atoms with van der Waals surface area (Å²) in [6, 6.07) is 0.215. The van der Waals surface area contributed by atoms with Gasteiger partial charge in [-0.3, -0.25) is 4.79 Å². The van der Waals surface area contributed by atoms with E-state index in [4.69, 9.17) is 9.16 Å². The lowest BCUT2D eigenvalue weighted by Crippen LogP contribution is -2.68. The van der Waals surface area contributed by atoms with E-state index in [1.807, 2.05) is 11.8 Å². The van der Waals surface area contributed by atoms with Gasteiger partial charge in [-0.2, -0.15) is 11.8 Å². The van der Waals surface area contributed by atoms with Crippen molar-refractivity contribution in [1.82, 2.24) is 5.32 Å². The van der Waals surface area contributed by atoms with Crippen LogP contribution in [-0.4, -0.2) is 49.6 Å². The highest BCUT2D eigenvalue weighted by atomic mass is 32.2. The first kappa shape index (κ1) is 16.8. The average Bonchev–Trinajstić information content (AvgIpc) is 3.12. The van der Waals surface area contributed by atoms with Crippen molar-refractivity contribution in [3.05, 3.63) is 0 Å². The maximum Gasteiger partial charge on any atom is 0.228 e. The monoisotopic (exact) mass is 343 g/mol. The summed E-state index contributed by atoms with van der Waals surface area (Å²) in [6.07, 6.45) is 1.94. The molecule has 3 aliphatic rings. The molecule has 1 amide bonds. The third-order valence-electron chi connectivity index (χ3n) is 5.80. The van der Waals surface area contributed by atoms with Gasteiger partial charge in [0.15, 0.2) is 8.32 Å². The Hall–Kier alpha value is -0.0431. The molecule has 3 fully saturated rings. The fourth-order valence-corrected chi connectivity index (χ4v) is 6.27. The maximum absolute atomic E-state index is 12.2. The molecule has 6 atom stereocenters. The SMILES string of the molecule is C[C@@H](O[Si](C)(C)C(C)(C)C)[C@H]1C(=O)N[C@@H]1[C@H]1SCC[C@@H]2O[C@@H]12. The number of β-lactam (4-membered cyclic amide) rings is 1. The van der Waals surface area contributed by atoms with Gasteiger partial charge in [-0.1, -0.05) is 20.8 Å². The molecule has 6 heteroatoms. The van der Waals surface area contributed by atoms with Crippen LogP contribution in [0.4, 0.5) is 0 Å². The Morgan fingerprint density at radius 3 is 2.68 bits per heavy atom. The standard InChI is InChI=1S/C16H29NO3SSi/c1-9(20-22(5,6)16(2,3)4)11-12(17-15(11)18)14-13-10(19-13)7-8-21-14/h9-14H,7-8H2,1-6H3,(H,17,18)/t9-,10+,11-,12+,13-,14-/m1/s1. The number of carbonyl (C=O) groups is 1. The Kier molecular flexibility index (Phi) is 4.20. The molecule has 3 rings (SSSR count). The highest BCUT2D eigenvalue weighted by Gasteiger charge is 2.58. The summed E-state index contributed by atoms with van der Waals surface area (Å²) in [6.45, 7) is 13.3. The number of ether oxygens (including phenoxy) is 1. The molecule has 0 unspecified atom stereocenters. The minimum atomic E-state index is -1.85. The van der Waals surface area contributed by atoms with E-state index in [2.05, 4.69) is 46.1 Å². The van der Waals surface area contributed by atoms with E-state index < -0.39 is 8.32 Å². The van der Waals surface area contributed by atoms with E-state index in [-0.39, 0.29) is 29.0 Å². The quantitative estimate of drug-likeness (QED) is 0.484. The zero-order valence-electron chi connectivity index (χ0n) is 14.5. The van der Waals surface area contributed by atoms with E-state index in [1.54, 1.807) is 0 Å². The zero-order chi connectivity index (χ0) is 16.3. The molecule has 0 aromatic rings. The molecule has 3 saturated heterocycles. The minimum absolute atomic E-state index is 0.0145. The number of hydrogen-bond acceptors (Lipinski definition) is 4. The number of carbonyl (C=O) groups excluding carboxylic acids is 1. The third kappa shape index (κ3) is 2.87. The first-order valence-corrected chi connectivity index (χ1v) is 12.3. The minimum Gasteiger partial charge on any atom is -0.413 e. The van der Waals surface area contributed by atoms with Crippen molar-refractivity contribution in [2.75, 3.05) is 5.75 Å². The van der Waals surface area contributed by atoms with Gasteiger partial charge in [0, 0.05) is 0 Å². The highest BCUT2D eigenvalue weighted by Crippen LogP contribution is 2.46. The number of thioether (sulfide) groups is 1. The summed E-state index contributed by atoms with van der Waals surface area (Å²) >= 11 is 1.96. The van der Waals surface area contributed by atoms with Crippen molar-refractivity contribution < 1.29 is 14.0 Å². The summed E-state index contributed by atoms with van der Waals surface area (Å²) in [5, 5.41) is 3.70. The van der Waals surface area contributed by atoms with E-state index in [9.17, 15) is 4.79 Å². The van der Waals surface area contributed by atoms with E-state index in [0.29, 0.717) is 17.5 Å². The summed E-state index contributed by atoms with van der Waals surface area (Å²) in [7, 11) is -1.85. The van der Waals surface area contributed by atoms with Crippen LogP contribution < -0.4 is 5.32 Å². The highest BCUT2D eigenvalue weighted by molar-refractivity contribution is 8.00. The van der Waals surface area contributed by atoms with Crippen molar-refractivity contribution in [1.29, 1.82) is 0 Å².